The molecule has 1 saturated carbocycles. The molecular formula is C23H21N5O5. The molecule has 0 atom stereocenters. The van der Waals surface area contributed by atoms with Crippen molar-refractivity contribution >= 4 is 23.9 Å². The first-order valence-corrected chi connectivity index (χ1v) is 10.5. The number of nitrogens with one attached hydrogen (secondary N) is 3. The molecule has 33 heavy (non-hydrogen) atoms. The van der Waals surface area contributed by atoms with Crippen LogP contribution in [0, 0.1) is 5.41 Å². The number of fused-ring (bicyclic) bond motifs is 3. The largest absolute Gasteiger partial charge is 0.481 e. The fourth-order valence-electron chi connectivity index (χ4n) is 4.10. The van der Waals surface area contributed by atoms with Gasteiger partial charge >= 0.3 is 12.1 Å². The maximum Gasteiger partial charge on any atom is 0.414 e. The van der Waals surface area contributed by atoms with E-state index in [1.165, 1.54) is 0 Å². The van der Waals surface area contributed by atoms with E-state index in [9.17, 15) is 19.5 Å². The topological polar surface area (TPSA) is 146 Å². The van der Waals surface area contributed by atoms with Crippen molar-refractivity contribution in [2.75, 3.05) is 18.5 Å². The second-order valence-corrected chi connectivity index (χ2v) is 8.23. The highest BCUT2D eigenvalue weighted by atomic mass is 16.5. The van der Waals surface area contributed by atoms with Gasteiger partial charge in [0.25, 0.3) is 11.9 Å². The number of aromatic nitrogens is 3. The molecule has 3 aromatic rings. The summed E-state index contributed by atoms with van der Waals surface area (Å²) >= 11 is 0. The minimum absolute atomic E-state index is 0.0109. The van der Waals surface area contributed by atoms with Crippen LogP contribution in [0.15, 0.2) is 48.5 Å². The molecule has 1 heterocycles. The minimum Gasteiger partial charge on any atom is -0.481 e. The number of benzene rings is 2. The SMILES string of the molecule is O=C(Nc1n[nH]c(C(=O)NCC2(C(=O)O)CC2)n1)OCC1c2ccccc2-c2ccccc21. The Kier molecular flexibility index (Phi) is 5.04. The molecule has 2 aromatic carbocycles. The minimum atomic E-state index is -0.932. The van der Waals surface area contributed by atoms with E-state index < -0.39 is 23.4 Å². The van der Waals surface area contributed by atoms with Crippen LogP contribution in [0.25, 0.3) is 11.1 Å². The zero-order valence-corrected chi connectivity index (χ0v) is 17.5. The van der Waals surface area contributed by atoms with Gasteiger partial charge in [-0.15, -0.1) is 5.10 Å². The van der Waals surface area contributed by atoms with Crippen molar-refractivity contribution < 1.29 is 24.2 Å². The van der Waals surface area contributed by atoms with E-state index in [0.29, 0.717) is 12.8 Å². The number of hydrogen-bond donors (Lipinski definition) is 4. The highest BCUT2D eigenvalue weighted by Gasteiger charge is 2.50. The van der Waals surface area contributed by atoms with E-state index in [-0.39, 0.29) is 30.8 Å². The molecule has 2 amide bonds. The van der Waals surface area contributed by atoms with Crippen molar-refractivity contribution in [3.8, 4) is 11.1 Å². The number of aliphatic carboxylic acids is 1. The number of carboxylic acid groups (broad SMARTS) is 1. The number of ether oxygens (including phenoxy) is 1. The predicted octanol–water partition coefficient (Wildman–Crippen LogP) is 2.76. The van der Waals surface area contributed by atoms with E-state index in [2.05, 4.69) is 37.9 Å². The standard InChI is InChI=1S/C23H21N5O5/c29-19(24-12-23(9-10-23)20(30)31)18-25-21(28-27-18)26-22(32)33-11-17-15-7-3-1-5-13(15)14-6-2-4-8-16(14)17/h1-8,17H,9-12H2,(H,24,29)(H,30,31)(H2,25,26,27,28,32). The molecule has 0 spiro atoms. The summed E-state index contributed by atoms with van der Waals surface area (Å²) in [6.45, 7) is 0.145. The number of carbonyl (C=O) groups excluding carboxylic acids is 2. The second-order valence-electron chi connectivity index (χ2n) is 8.23. The van der Waals surface area contributed by atoms with Gasteiger partial charge in [-0.05, 0) is 35.1 Å². The molecule has 5 rings (SSSR count). The van der Waals surface area contributed by atoms with Crippen LogP contribution in [0.2, 0.25) is 0 Å². The van der Waals surface area contributed by atoms with Crippen LogP contribution in [0.3, 0.4) is 0 Å². The lowest BCUT2D eigenvalue weighted by Gasteiger charge is -2.13. The Balaban J connectivity index is 1.18. The van der Waals surface area contributed by atoms with Gasteiger partial charge in [0.05, 0.1) is 5.41 Å². The number of hydrogen-bond acceptors (Lipinski definition) is 6. The van der Waals surface area contributed by atoms with Gasteiger partial charge in [0.1, 0.15) is 6.61 Å². The van der Waals surface area contributed by atoms with Crippen LogP contribution >= 0.6 is 0 Å². The van der Waals surface area contributed by atoms with Crippen LogP contribution < -0.4 is 10.6 Å². The Labute approximate surface area is 188 Å². The maximum absolute atomic E-state index is 12.3. The molecule has 0 saturated heterocycles. The number of aromatic amines is 1. The number of carbonyl (C=O) groups is 3. The summed E-state index contributed by atoms with van der Waals surface area (Å²) in [5.74, 6) is -1.86. The molecule has 2 aliphatic carbocycles. The van der Waals surface area contributed by atoms with Gasteiger partial charge in [0.2, 0.25) is 5.82 Å². The van der Waals surface area contributed by atoms with E-state index in [1.54, 1.807) is 0 Å². The molecule has 0 bridgehead atoms. The summed E-state index contributed by atoms with van der Waals surface area (Å²) in [6, 6.07) is 16.0. The molecule has 2 aliphatic rings. The van der Waals surface area contributed by atoms with Crippen molar-refractivity contribution in [2.24, 2.45) is 5.41 Å². The van der Waals surface area contributed by atoms with Crippen LogP contribution in [-0.4, -0.2) is 51.4 Å². The average molecular weight is 447 g/mol. The molecule has 10 heteroatoms. The van der Waals surface area contributed by atoms with Gasteiger partial charge in [-0.2, -0.15) is 4.98 Å². The summed E-state index contributed by atoms with van der Waals surface area (Å²) in [7, 11) is 0. The smallest absolute Gasteiger partial charge is 0.414 e. The van der Waals surface area contributed by atoms with Gasteiger partial charge in [0, 0.05) is 12.5 Å². The second kappa shape index (κ2) is 8.05. The van der Waals surface area contributed by atoms with Crippen molar-refractivity contribution in [3.63, 3.8) is 0 Å². The Morgan fingerprint density at radius 3 is 2.30 bits per heavy atom. The zero-order chi connectivity index (χ0) is 23.0. The molecule has 168 valence electrons. The Morgan fingerprint density at radius 2 is 1.70 bits per heavy atom. The number of carboxylic acids is 1. The van der Waals surface area contributed by atoms with Gasteiger partial charge in [-0.1, -0.05) is 48.5 Å². The van der Waals surface area contributed by atoms with Crippen molar-refractivity contribution in [1.29, 1.82) is 0 Å². The molecule has 0 aliphatic heterocycles. The molecule has 4 N–H and O–H groups in total. The predicted molar refractivity (Wildman–Crippen MR) is 117 cm³/mol. The van der Waals surface area contributed by atoms with Crippen LogP contribution in [0.5, 0.6) is 0 Å². The van der Waals surface area contributed by atoms with E-state index in [0.717, 1.165) is 22.3 Å². The Hall–Kier alpha value is -4.21. The zero-order valence-electron chi connectivity index (χ0n) is 17.5. The summed E-state index contributed by atoms with van der Waals surface area (Å²) in [5, 5.41) is 20.3. The third-order valence-corrected chi connectivity index (χ3v) is 6.15. The van der Waals surface area contributed by atoms with Crippen LogP contribution in [0.1, 0.15) is 40.5 Å². The lowest BCUT2D eigenvalue weighted by molar-refractivity contribution is -0.143. The quantitative estimate of drug-likeness (QED) is 0.435. The number of H-pyrrole nitrogens is 1. The lowest BCUT2D eigenvalue weighted by Crippen LogP contribution is -2.34. The first-order valence-electron chi connectivity index (χ1n) is 10.5. The summed E-state index contributed by atoms with van der Waals surface area (Å²) in [6.07, 6.45) is 0.298. The number of rotatable bonds is 7. The van der Waals surface area contributed by atoms with Crippen molar-refractivity contribution in [2.45, 2.75) is 18.8 Å². The average Bonchev–Trinajstić information content (AvgIpc) is 3.37. The van der Waals surface area contributed by atoms with Gasteiger partial charge < -0.3 is 15.2 Å². The maximum atomic E-state index is 12.3. The fraction of sp³-hybridized carbons (Fsp3) is 0.261. The highest BCUT2D eigenvalue weighted by molar-refractivity contribution is 5.92. The Bertz CT molecular complexity index is 1200. The van der Waals surface area contributed by atoms with Crippen molar-refractivity contribution in [3.05, 3.63) is 65.5 Å². The van der Waals surface area contributed by atoms with Crippen molar-refractivity contribution in [1.82, 2.24) is 20.5 Å². The Morgan fingerprint density at radius 1 is 1.06 bits per heavy atom. The number of nitrogens with zero attached hydrogens (tertiary/aromatic N) is 2. The summed E-state index contributed by atoms with van der Waals surface area (Å²) < 4.78 is 5.43. The highest BCUT2D eigenvalue weighted by Crippen LogP contribution is 2.45. The monoisotopic (exact) mass is 447 g/mol. The van der Waals surface area contributed by atoms with E-state index in [1.807, 2.05) is 36.4 Å². The number of anilines is 1. The molecule has 0 unspecified atom stereocenters. The summed E-state index contributed by atoms with van der Waals surface area (Å²) in [5.41, 5.74) is 3.56. The van der Waals surface area contributed by atoms with Crippen LogP contribution in [-0.2, 0) is 9.53 Å². The molecule has 0 radical (unpaired) electrons. The summed E-state index contributed by atoms with van der Waals surface area (Å²) in [4.78, 5) is 39.6. The third kappa shape index (κ3) is 3.91. The molecule has 10 nitrogen and oxygen atoms in total. The first-order chi connectivity index (χ1) is 16.0. The normalized spacial score (nSPS) is 15.3. The van der Waals surface area contributed by atoms with Gasteiger partial charge in [-0.3, -0.25) is 20.0 Å². The molecular weight excluding hydrogens is 426 g/mol. The molecule has 1 aromatic heterocycles. The van der Waals surface area contributed by atoms with E-state index in [4.69, 9.17) is 4.74 Å². The number of amides is 2. The van der Waals surface area contributed by atoms with Gasteiger partial charge in [0.15, 0.2) is 0 Å². The van der Waals surface area contributed by atoms with Crippen LogP contribution in [0.4, 0.5) is 10.7 Å². The lowest BCUT2D eigenvalue weighted by atomic mass is 9.98. The fourth-order valence-corrected chi connectivity index (χ4v) is 4.10. The first kappa shape index (κ1) is 20.7. The van der Waals surface area contributed by atoms with Gasteiger partial charge in [-0.25, -0.2) is 4.79 Å². The third-order valence-electron chi connectivity index (χ3n) is 6.15. The van der Waals surface area contributed by atoms with E-state index >= 15 is 0 Å². The molecule has 1 fully saturated rings.